The summed E-state index contributed by atoms with van der Waals surface area (Å²) in [6, 6.07) is 9.99. The zero-order chi connectivity index (χ0) is 23.1. The number of hydrogen-bond acceptors (Lipinski definition) is 5. The van der Waals surface area contributed by atoms with Crippen LogP contribution in [-0.2, 0) is 11.7 Å². The second kappa shape index (κ2) is 7.77. The lowest BCUT2D eigenvalue weighted by molar-refractivity contribution is -0.137. The minimum absolute atomic E-state index is 0.0567. The van der Waals surface area contributed by atoms with Gasteiger partial charge in [0.2, 0.25) is 6.79 Å². The third-order valence-corrected chi connectivity index (χ3v) is 5.07. The van der Waals surface area contributed by atoms with Gasteiger partial charge in [-0.25, -0.2) is 4.68 Å². The van der Waals surface area contributed by atoms with E-state index in [1.165, 1.54) is 30.1 Å². The molecule has 0 unspecified atom stereocenters. The molecule has 1 aliphatic rings. The fraction of sp³-hybridized carbons (Fsp3) is 0.273. The standard InChI is InChI=1S/C22H20F3N3O4/c1-21(2,13-7-8-16-17(10-13)32-12-31-16)26-20(29)19-18(30-3)11-28(27-19)15-6-4-5-14(9-15)22(23,24)25/h4-11H,12H2,1-3H3,(H,26,29). The summed E-state index contributed by atoms with van der Waals surface area (Å²) in [4.78, 5) is 13.0. The first-order chi connectivity index (χ1) is 15.1. The second-order valence-electron chi connectivity index (χ2n) is 7.69. The minimum atomic E-state index is -4.50. The zero-order valence-electron chi connectivity index (χ0n) is 17.5. The third kappa shape index (κ3) is 4.08. The van der Waals surface area contributed by atoms with E-state index in [9.17, 15) is 18.0 Å². The Morgan fingerprint density at radius 1 is 1.09 bits per heavy atom. The maximum atomic E-state index is 13.1. The number of methoxy groups -OCH3 is 1. The maximum absolute atomic E-state index is 13.1. The molecule has 7 nitrogen and oxygen atoms in total. The van der Waals surface area contributed by atoms with Crippen molar-refractivity contribution in [2.75, 3.05) is 13.9 Å². The summed E-state index contributed by atoms with van der Waals surface area (Å²) in [5, 5.41) is 7.06. The smallest absolute Gasteiger partial charge is 0.416 e. The molecule has 2 aromatic carbocycles. The number of aromatic nitrogens is 2. The summed E-state index contributed by atoms with van der Waals surface area (Å²) in [5.41, 5.74) is -0.778. The van der Waals surface area contributed by atoms with Crippen LogP contribution in [0.3, 0.4) is 0 Å². The Morgan fingerprint density at radius 3 is 2.56 bits per heavy atom. The van der Waals surface area contributed by atoms with E-state index in [2.05, 4.69) is 10.4 Å². The largest absolute Gasteiger partial charge is 0.493 e. The molecule has 0 fully saturated rings. The van der Waals surface area contributed by atoms with Crippen molar-refractivity contribution in [2.45, 2.75) is 25.6 Å². The van der Waals surface area contributed by atoms with Crippen molar-refractivity contribution in [1.29, 1.82) is 0 Å². The first-order valence-electron chi connectivity index (χ1n) is 9.62. The second-order valence-corrected chi connectivity index (χ2v) is 7.69. The van der Waals surface area contributed by atoms with Crippen LogP contribution in [0.4, 0.5) is 13.2 Å². The number of carbonyl (C=O) groups excluding carboxylic acids is 1. The monoisotopic (exact) mass is 447 g/mol. The van der Waals surface area contributed by atoms with Crippen molar-refractivity contribution in [3.63, 3.8) is 0 Å². The summed E-state index contributed by atoms with van der Waals surface area (Å²) >= 11 is 0. The summed E-state index contributed by atoms with van der Waals surface area (Å²) < 4.78 is 56.3. The van der Waals surface area contributed by atoms with E-state index in [0.717, 1.165) is 17.7 Å². The highest BCUT2D eigenvalue weighted by atomic mass is 19.4. The van der Waals surface area contributed by atoms with Crippen LogP contribution in [0.1, 0.15) is 35.5 Å². The number of nitrogens with one attached hydrogen (secondary N) is 1. The van der Waals surface area contributed by atoms with Crippen LogP contribution in [0.25, 0.3) is 5.69 Å². The van der Waals surface area contributed by atoms with Gasteiger partial charge in [-0.15, -0.1) is 0 Å². The van der Waals surface area contributed by atoms with Crippen molar-refractivity contribution >= 4 is 5.91 Å². The number of carbonyl (C=O) groups is 1. The number of ether oxygens (including phenoxy) is 3. The van der Waals surface area contributed by atoms with Gasteiger partial charge in [0.25, 0.3) is 5.91 Å². The topological polar surface area (TPSA) is 74.6 Å². The molecule has 1 N–H and O–H groups in total. The lowest BCUT2D eigenvalue weighted by Crippen LogP contribution is -2.41. The molecular formula is C22H20F3N3O4. The van der Waals surface area contributed by atoms with Crippen LogP contribution in [0.2, 0.25) is 0 Å². The van der Waals surface area contributed by atoms with Crippen LogP contribution in [0.15, 0.2) is 48.7 Å². The molecule has 10 heteroatoms. The highest BCUT2D eigenvalue weighted by Gasteiger charge is 2.31. The molecule has 2 heterocycles. The van der Waals surface area contributed by atoms with Gasteiger partial charge in [0.15, 0.2) is 22.9 Å². The normalized spacial score (nSPS) is 13.2. The molecule has 0 saturated carbocycles. The molecule has 32 heavy (non-hydrogen) atoms. The Hall–Kier alpha value is -3.69. The van der Waals surface area contributed by atoms with E-state index in [1.54, 1.807) is 26.0 Å². The van der Waals surface area contributed by atoms with Crippen LogP contribution >= 0.6 is 0 Å². The van der Waals surface area contributed by atoms with Gasteiger partial charge in [0.05, 0.1) is 30.1 Å². The minimum Gasteiger partial charge on any atom is -0.493 e. The highest BCUT2D eigenvalue weighted by Crippen LogP contribution is 2.36. The molecule has 168 valence electrons. The van der Waals surface area contributed by atoms with Crippen LogP contribution in [0.5, 0.6) is 17.2 Å². The summed E-state index contributed by atoms with van der Waals surface area (Å²) in [6.07, 6.45) is -3.14. The lowest BCUT2D eigenvalue weighted by atomic mass is 9.93. The van der Waals surface area contributed by atoms with Crippen molar-refractivity contribution in [2.24, 2.45) is 0 Å². The Kier molecular flexibility index (Phi) is 5.23. The van der Waals surface area contributed by atoms with Gasteiger partial charge in [-0.3, -0.25) is 4.79 Å². The Balaban J connectivity index is 1.61. The van der Waals surface area contributed by atoms with Crippen molar-refractivity contribution in [3.05, 3.63) is 65.5 Å². The van der Waals surface area contributed by atoms with Crippen LogP contribution in [-0.4, -0.2) is 29.6 Å². The van der Waals surface area contributed by atoms with E-state index in [1.807, 2.05) is 6.07 Å². The van der Waals surface area contributed by atoms with Crippen LogP contribution in [0, 0.1) is 0 Å². The first-order valence-corrected chi connectivity index (χ1v) is 9.62. The van der Waals surface area contributed by atoms with E-state index >= 15 is 0 Å². The van der Waals surface area contributed by atoms with Gasteiger partial charge in [-0.2, -0.15) is 18.3 Å². The number of hydrogen-bond donors (Lipinski definition) is 1. The number of alkyl halides is 3. The van der Waals surface area contributed by atoms with Gasteiger partial charge in [-0.1, -0.05) is 12.1 Å². The average Bonchev–Trinajstić information content (AvgIpc) is 3.39. The summed E-state index contributed by atoms with van der Waals surface area (Å²) in [6.45, 7) is 3.74. The van der Waals surface area contributed by atoms with Gasteiger partial charge in [0, 0.05) is 0 Å². The molecule has 3 aromatic rings. The van der Waals surface area contributed by atoms with Gasteiger partial charge in [0.1, 0.15) is 0 Å². The van der Waals surface area contributed by atoms with Crippen molar-refractivity contribution in [1.82, 2.24) is 15.1 Å². The number of halogens is 3. The number of rotatable bonds is 5. The van der Waals surface area contributed by atoms with E-state index in [0.29, 0.717) is 11.5 Å². The fourth-order valence-electron chi connectivity index (χ4n) is 3.32. The molecule has 0 bridgehead atoms. The molecule has 0 saturated heterocycles. The third-order valence-electron chi connectivity index (χ3n) is 5.07. The molecule has 0 radical (unpaired) electrons. The summed E-state index contributed by atoms with van der Waals surface area (Å²) in [7, 11) is 1.35. The SMILES string of the molecule is COc1cn(-c2cccc(C(F)(F)F)c2)nc1C(=O)NC(C)(C)c1ccc2c(c1)OCO2. The Morgan fingerprint density at radius 2 is 1.84 bits per heavy atom. The van der Waals surface area contributed by atoms with Gasteiger partial charge >= 0.3 is 6.18 Å². The predicted molar refractivity (Wildman–Crippen MR) is 108 cm³/mol. The van der Waals surface area contributed by atoms with E-state index in [4.69, 9.17) is 14.2 Å². The van der Waals surface area contributed by atoms with Crippen molar-refractivity contribution in [3.8, 4) is 22.9 Å². The fourth-order valence-corrected chi connectivity index (χ4v) is 3.32. The van der Waals surface area contributed by atoms with E-state index in [-0.39, 0.29) is 23.9 Å². The number of amides is 1. The molecule has 1 aromatic heterocycles. The number of nitrogens with zero attached hydrogens (tertiary/aromatic N) is 2. The molecule has 4 rings (SSSR count). The predicted octanol–water partition coefficient (Wildman–Crippen LogP) is 4.29. The van der Waals surface area contributed by atoms with Gasteiger partial charge < -0.3 is 19.5 Å². The molecule has 1 aliphatic heterocycles. The van der Waals surface area contributed by atoms with Crippen LogP contribution < -0.4 is 19.5 Å². The molecule has 0 aliphatic carbocycles. The van der Waals surface area contributed by atoms with Gasteiger partial charge in [-0.05, 0) is 49.7 Å². The molecule has 0 spiro atoms. The molecule has 1 amide bonds. The van der Waals surface area contributed by atoms with Crippen molar-refractivity contribution < 1.29 is 32.2 Å². The molecular weight excluding hydrogens is 427 g/mol. The maximum Gasteiger partial charge on any atom is 0.416 e. The lowest BCUT2D eigenvalue weighted by Gasteiger charge is -2.26. The highest BCUT2D eigenvalue weighted by molar-refractivity contribution is 5.95. The van der Waals surface area contributed by atoms with E-state index < -0.39 is 23.2 Å². The molecule has 0 atom stereocenters. The Bertz CT molecular complexity index is 1170. The number of fused-ring (bicyclic) bond motifs is 1. The Labute approximate surface area is 181 Å². The zero-order valence-corrected chi connectivity index (χ0v) is 17.5. The average molecular weight is 447 g/mol. The number of benzene rings is 2. The quantitative estimate of drug-likeness (QED) is 0.632. The summed E-state index contributed by atoms with van der Waals surface area (Å²) in [5.74, 6) is 0.783. The first kappa shape index (κ1) is 21.5.